The Bertz CT molecular complexity index is 1350. The van der Waals surface area contributed by atoms with Crippen LogP contribution in [0.2, 0.25) is 0 Å². The molecule has 3 aromatic carbocycles. The minimum atomic E-state index is -3.70. The summed E-state index contributed by atoms with van der Waals surface area (Å²) in [6, 6.07) is 23.0. The number of nitrogens with zero attached hydrogens (tertiary/aromatic N) is 1. The van der Waals surface area contributed by atoms with Gasteiger partial charge < -0.3 is 0 Å². The standard InChI is InChI=1S/C26H27NO4S2/c1-19-6-5-7-21(16-19)20-10-14-25(15-11-20)33(30,31)27-22-12-13-23(27)18-26(17-22)32(28,29)24-8-3-2-4-9-24/h2-11,14-16,22-23,26H,12-13,17-18H2,1H3. The normalized spacial score (nSPS) is 23.5. The van der Waals surface area contributed by atoms with E-state index in [0.29, 0.717) is 30.6 Å². The van der Waals surface area contributed by atoms with Gasteiger partial charge in [-0.1, -0.05) is 60.2 Å². The average Bonchev–Trinajstić information content (AvgIpc) is 3.10. The molecule has 0 aromatic heterocycles. The topological polar surface area (TPSA) is 71.5 Å². The molecule has 2 aliphatic rings. The Kier molecular flexibility index (Phi) is 5.67. The molecule has 0 aliphatic carbocycles. The van der Waals surface area contributed by atoms with E-state index >= 15 is 0 Å². The third-order valence-electron chi connectivity index (χ3n) is 6.91. The van der Waals surface area contributed by atoms with Crippen LogP contribution >= 0.6 is 0 Å². The number of hydrogen-bond acceptors (Lipinski definition) is 4. The molecule has 2 saturated heterocycles. The lowest BCUT2D eigenvalue weighted by Gasteiger charge is -2.37. The molecule has 33 heavy (non-hydrogen) atoms. The van der Waals surface area contributed by atoms with Crippen molar-refractivity contribution >= 4 is 19.9 Å². The molecular weight excluding hydrogens is 454 g/mol. The number of rotatable bonds is 5. The van der Waals surface area contributed by atoms with Crippen LogP contribution < -0.4 is 0 Å². The Morgan fingerprint density at radius 1 is 0.697 bits per heavy atom. The zero-order valence-corrected chi connectivity index (χ0v) is 20.1. The first kappa shape index (κ1) is 22.3. The van der Waals surface area contributed by atoms with E-state index in [1.54, 1.807) is 46.8 Å². The second-order valence-electron chi connectivity index (χ2n) is 9.07. The van der Waals surface area contributed by atoms with Gasteiger partial charge in [0.15, 0.2) is 9.84 Å². The largest absolute Gasteiger partial charge is 0.243 e. The smallest absolute Gasteiger partial charge is 0.223 e. The summed E-state index contributed by atoms with van der Waals surface area (Å²) < 4.78 is 55.0. The van der Waals surface area contributed by atoms with Crippen LogP contribution in [0.25, 0.3) is 11.1 Å². The van der Waals surface area contributed by atoms with E-state index in [1.807, 2.05) is 37.3 Å². The molecule has 2 atom stereocenters. The summed E-state index contributed by atoms with van der Waals surface area (Å²) in [7, 11) is -7.18. The van der Waals surface area contributed by atoms with Crippen LogP contribution in [-0.4, -0.2) is 38.5 Å². The molecule has 2 bridgehead atoms. The van der Waals surface area contributed by atoms with Crippen molar-refractivity contribution in [2.75, 3.05) is 0 Å². The summed E-state index contributed by atoms with van der Waals surface area (Å²) in [5, 5.41) is -0.549. The molecular formula is C26H27NO4S2. The lowest BCUT2D eigenvalue weighted by Crippen LogP contribution is -2.49. The van der Waals surface area contributed by atoms with Gasteiger partial charge in [-0.25, -0.2) is 16.8 Å². The van der Waals surface area contributed by atoms with E-state index in [2.05, 4.69) is 6.07 Å². The molecule has 0 radical (unpaired) electrons. The summed E-state index contributed by atoms with van der Waals surface area (Å²) in [4.78, 5) is 0.581. The van der Waals surface area contributed by atoms with Crippen molar-refractivity contribution in [3.63, 3.8) is 0 Å². The SMILES string of the molecule is Cc1cccc(-c2ccc(S(=O)(=O)N3C4CCC3CC(S(=O)(=O)c3ccccc3)C4)cc2)c1. The monoisotopic (exact) mass is 481 g/mol. The number of fused-ring (bicyclic) bond motifs is 2. The van der Waals surface area contributed by atoms with Gasteiger partial charge in [-0.15, -0.1) is 0 Å². The van der Waals surface area contributed by atoms with Gasteiger partial charge in [-0.05, 0) is 68.0 Å². The van der Waals surface area contributed by atoms with Crippen LogP contribution in [0.15, 0.2) is 88.7 Å². The highest BCUT2D eigenvalue weighted by molar-refractivity contribution is 7.92. The molecule has 2 aliphatic heterocycles. The third-order valence-corrected chi connectivity index (χ3v) is 11.1. The fourth-order valence-corrected chi connectivity index (χ4v) is 9.06. The van der Waals surface area contributed by atoms with Crippen molar-refractivity contribution in [1.82, 2.24) is 4.31 Å². The van der Waals surface area contributed by atoms with Gasteiger partial charge >= 0.3 is 0 Å². The molecule has 0 amide bonds. The Hall–Kier alpha value is -2.48. The summed E-state index contributed by atoms with van der Waals surface area (Å²) in [6.07, 6.45) is 2.08. The van der Waals surface area contributed by atoms with Gasteiger partial charge in [-0.3, -0.25) is 0 Å². The minimum absolute atomic E-state index is 0.264. The van der Waals surface area contributed by atoms with E-state index < -0.39 is 25.1 Å². The van der Waals surface area contributed by atoms with E-state index in [4.69, 9.17) is 0 Å². The maximum atomic E-state index is 13.6. The molecule has 0 saturated carbocycles. The van der Waals surface area contributed by atoms with E-state index in [-0.39, 0.29) is 17.0 Å². The maximum Gasteiger partial charge on any atom is 0.243 e. The number of benzene rings is 3. The van der Waals surface area contributed by atoms with Gasteiger partial charge in [-0.2, -0.15) is 4.31 Å². The first-order valence-electron chi connectivity index (χ1n) is 11.3. The van der Waals surface area contributed by atoms with E-state index in [1.165, 1.54) is 0 Å². The first-order chi connectivity index (χ1) is 15.8. The fourth-order valence-electron chi connectivity index (χ4n) is 5.30. The van der Waals surface area contributed by atoms with Crippen molar-refractivity contribution in [1.29, 1.82) is 0 Å². The van der Waals surface area contributed by atoms with E-state index in [0.717, 1.165) is 16.7 Å². The van der Waals surface area contributed by atoms with Crippen LogP contribution in [0.4, 0.5) is 0 Å². The van der Waals surface area contributed by atoms with Crippen LogP contribution in [0.5, 0.6) is 0 Å². The molecule has 172 valence electrons. The summed E-state index contributed by atoms with van der Waals surface area (Å²) in [5.74, 6) is 0. The van der Waals surface area contributed by atoms with Gasteiger partial charge in [0.25, 0.3) is 0 Å². The summed E-state index contributed by atoms with van der Waals surface area (Å²) in [5.41, 5.74) is 3.16. The van der Waals surface area contributed by atoms with Gasteiger partial charge in [0.2, 0.25) is 10.0 Å². The van der Waals surface area contributed by atoms with Crippen molar-refractivity contribution < 1.29 is 16.8 Å². The van der Waals surface area contributed by atoms with Crippen molar-refractivity contribution in [2.24, 2.45) is 0 Å². The number of sulfonamides is 1. The molecule has 5 rings (SSSR count). The molecule has 2 heterocycles. The second-order valence-corrected chi connectivity index (χ2v) is 13.1. The third kappa shape index (κ3) is 4.03. The van der Waals surface area contributed by atoms with Crippen LogP contribution in [-0.2, 0) is 19.9 Å². The highest BCUT2D eigenvalue weighted by Gasteiger charge is 2.50. The molecule has 0 spiro atoms. The molecule has 7 heteroatoms. The van der Waals surface area contributed by atoms with Crippen molar-refractivity contribution in [2.45, 2.75) is 59.7 Å². The lowest BCUT2D eigenvalue weighted by molar-refractivity contribution is 0.249. The highest BCUT2D eigenvalue weighted by Crippen LogP contribution is 2.43. The van der Waals surface area contributed by atoms with E-state index in [9.17, 15) is 16.8 Å². The zero-order valence-electron chi connectivity index (χ0n) is 18.5. The number of aryl methyl sites for hydroxylation is 1. The highest BCUT2D eigenvalue weighted by atomic mass is 32.2. The molecule has 3 aromatic rings. The number of piperidine rings is 1. The predicted molar refractivity (Wildman–Crippen MR) is 129 cm³/mol. The van der Waals surface area contributed by atoms with Crippen molar-refractivity contribution in [3.05, 3.63) is 84.4 Å². The molecule has 2 unspecified atom stereocenters. The summed E-state index contributed by atoms with van der Waals surface area (Å²) >= 11 is 0. The Morgan fingerprint density at radius 2 is 1.33 bits per heavy atom. The average molecular weight is 482 g/mol. The van der Waals surface area contributed by atoms with Crippen LogP contribution in [0.1, 0.15) is 31.2 Å². The number of sulfone groups is 1. The Labute approximate surface area is 196 Å². The first-order valence-corrected chi connectivity index (χ1v) is 14.2. The van der Waals surface area contributed by atoms with Gasteiger partial charge in [0, 0.05) is 12.1 Å². The molecule has 5 nitrogen and oxygen atoms in total. The maximum absolute atomic E-state index is 13.6. The Morgan fingerprint density at radius 3 is 1.94 bits per heavy atom. The van der Waals surface area contributed by atoms with Crippen LogP contribution in [0, 0.1) is 6.92 Å². The second kappa shape index (κ2) is 8.38. The lowest BCUT2D eigenvalue weighted by atomic mass is 10.0. The predicted octanol–water partition coefficient (Wildman–Crippen LogP) is 4.82. The quantitative estimate of drug-likeness (QED) is 0.524. The molecule has 0 N–H and O–H groups in total. The fraction of sp³-hybridized carbons (Fsp3) is 0.308. The molecule has 2 fully saturated rings. The zero-order chi connectivity index (χ0) is 23.2. The van der Waals surface area contributed by atoms with Gasteiger partial charge in [0.1, 0.15) is 0 Å². The van der Waals surface area contributed by atoms with Gasteiger partial charge in [0.05, 0.1) is 15.0 Å². The number of hydrogen-bond donors (Lipinski definition) is 0. The summed E-state index contributed by atoms with van der Waals surface area (Å²) in [6.45, 7) is 2.03. The van der Waals surface area contributed by atoms with Crippen LogP contribution in [0.3, 0.4) is 0 Å². The van der Waals surface area contributed by atoms with Crippen molar-refractivity contribution in [3.8, 4) is 11.1 Å². The minimum Gasteiger partial charge on any atom is -0.223 e. The Balaban J connectivity index is 1.39.